The summed E-state index contributed by atoms with van der Waals surface area (Å²) in [5, 5.41) is 6.35. The summed E-state index contributed by atoms with van der Waals surface area (Å²) in [5.74, 6) is 0.848. The van der Waals surface area contributed by atoms with Crippen LogP contribution in [-0.2, 0) is 0 Å². The minimum Gasteiger partial charge on any atom is -0.352 e. The second kappa shape index (κ2) is 7.08. The molecule has 4 nitrogen and oxygen atoms in total. The number of nitrogens with zero attached hydrogens (tertiary/aromatic N) is 2. The van der Waals surface area contributed by atoms with E-state index in [9.17, 15) is 4.39 Å². The number of halogens is 1. The molecule has 24 heavy (non-hydrogen) atoms. The van der Waals surface area contributed by atoms with Crippen molar-refractivity contribution in [1.82, 2.24) is 9.97 Å². The van der Waals surface area contributed by atoms with Gasteiger partial charge in [-0.2, -0.15) is 4.98 Å². The van der Waals surface area contributed by atoms with E-state index in [2.05, 4.69) is 20.6 Å². The van der Waals surface area contributed by atoms with Gasteiger partial charge in [0.25, 0.3) is 0 Å². The number of hydrogen-bond donors (Lipinski definition) is 2. The lowest BCUT2D eigenvalue weighted by molar-refractivity contribution is 0.628. The van der Waals surface area contributed by atoms with Gasteiger partial charge in [-0.3, -0.25) is 0 Å². The van der Waals surface area contributed by atoms with E-state index in [-0.39, 0.29) is 11.9 Å². The Bertz CT molecular complexity index is 819. The van der Waals surface area contributed by atoms with Crippen LogP contribution in [0.15, 0.2) is 60.7 Å². The number of nitrogens with one attached hydrogen (secondary N) is 2. The van der Waals surface area contributed by atoms with Gasteiger partial charge < -0.3 is 10.6 Å². The lowest BCUT2D eigenvalue weighted by Gasteiger charge is -2.13. The minimum absolute atomic E-state index is 0.207. The van der Waals surface area contributed by atoms with Crippen LogP contribution in [0.4, 0.5) is 21.8 Å². The number of rotatable bonds is 5. The van der Waals surface area contributed by atoms with Gasteiger partial charge in [0.1, 0.15) is 11.6 Å². The maximum Gasteiger partial charge on any atom is 0.225 e. The summed E-state index contributed by atoms with van der Waals surface area (Å²) in [5.41, 5.74) is 2.44. The normalized spacial score (nSPS) is 10.7. The van der Waals surface area contributed by atoms with E-state index in [1.54, 1.807) is 12.1 Å². The zero-order valence-electron chi connectivity index (χ0n) is 13.6. The van der Waals surface area contributed by atoms with Crippen molar-refractivity contribution in [3.8, 4) is 11.3 Å². The third-order valence-electron chi connectivity index (χ3n) is 3.31. The minimum atomic E-state index is -0.294. The van der Waals surface area contributed by atoms with Crippen LogP contribution in [0.25, 0.3) is 11.3 Å². The van der Waals surface area contributed by atoms with Crippen molar-refractivity contribution < 1.29 is 4.39 Å². The van der Waals surface area contributed by atoms with E-state index in [4.69, 9.17) is 0 Å². The fourth-order valence-corrected chi connectivity index (χ4v) is 2.30. The quantitative estimate of drug-likeness (QED) is 0.705. The predicted octanol–water partition coefficient (Wildman–Crippen LogP) is 4.85. The first-order chi connectivity index (χ1) is 11.6. The summed E-state index contributed by atoms with van der Waals surface area (Å²) < 4.78 is 13.4. The van der Waals surface area contributed by atoms with Crippen molar-refractivity contribution >= 4 is 17.5 Å². The van der Waals surface area contributed by atoms with Crippen molar-refractivity contribution in [1.29, 1.82) is 0 Å². The molecule has 122 valence electrons. The third-order valence-corrected chi connectivity index (χ3v) is 3.31. The van der Waals surface area contributed by atoms with Gasteiger partial charge in [0.15, 0.2) is 0 Å². The van der Waals surface area contributed by atoms with E-state index < -0.39 is 0 Å². The molecule has 3 aromatic rings. The van der Waals surface area contributed by atoms with Crippen LogP contribution in [0.5, 0.6) is 0 Å². The topological polar surface area (TPSA) is 49.8 Å². The molecule has 0 bridgehead atoms. The molecule has 3 rings (SSSR count). The Morgan fingerprint density at radius 2 is 1.71 bits per heavy atom. The first kappa shape index (κ1) is 15.9. The Morgan fingerprint density at radius 3 is 2.42 bits per heavy atom. The van der Waals surface area contributed by atoms with Gasteiger partial charge in [-0.05, 0) is 32.0 Å². The molecule has 0 fully saturated rings. The molecule has 0 saturated carbocycles. The lowest BCUT2D eigenvalue weighted by atomic mass is 10.1. The molecular weight excluding hydrogens is 303 g/mol. The van der Waals surface area contributed by atoms with Gasteiger partial charge in [-0.1, -0.05) is 36.4 Å². The van der Waals surface area contributed by atoms with Crippen LogP contribution in [0.1, 0.15) is 13.8 Å². The third kappa shape index (κ3) is 4.07. The fraction of sp³-hybridized carbons (Fsp3) is 0.158. The summed E-state index contributed by atoms with van der Waals surface area (Å²) >= 11 is 0. The van der Waals surface area contributed by atoms with E-state index in [1.807, 2.05) is 50.2 Å². The van der Waals surface area contributed by atoms with Gasteiger partial charge >= 0.3 is 0 Å². The molecule has 0 aliphatic carbocycles. The highest BCUT2D eigenvalue weighted by Gasteiger charge is 2.08. The van der Waals surface area contributed by atoms with E-state index in [0.717, 1.165) is 11.3 Å². The molecule has 0 amide bonds. The smallest absolute Gasteiger partial charge is 0.225 e. The lowest BCUT2D eigenvalue weighted by Crippen LogP contribution is -2.13. The molecule has 0 aliphatic heterocycles. The summed E-state index contributed by atoms with van der Waals surface area (Å²) in [6.45, 7) is 4.05. The highest BCUT2D eigenvalue weighted by Crippen LogP contribution is 2.24. The highest BCUT2D eigenvalue weighted by molar-refractivity contribution is 5.67. The van der Waals surface area contributed by atoms with Crippen LogP contribution < -0.4 is 10.6 Å². The second-order valence-electron chi connectivity index (χ2n) is 5.76. The van der Waals surface area contributed by atoms with Gasteiger partial charge in [-0.15, -0.1) is 0 Å². The fourth-order valence-electron chi connectivity index (χ4n) is 2.30. The first-order valence-corrected chi connectivity index (χ1v) is 7.84. The van der Waals surface area contributed by atoms with Gasteiger partial charge in [-0.25, -0.2) is 9.37 Å². The SMILES string of the molecule is CC(C)Nc1nc(Nc2cccc(F)c2)cc(-c2ccccc2)n1. The second-order valence-corrected chi connectivity index (χ2v) is 5.76. The van der Waals surface area contributed by atoms with Crippen molar-refractivity contribution in [3.05, 3.63) is 66.5 Å². The molecule has 0 saturated heterocycles. The van der Waals surface area contributed by atoms with Gasteiger partial charge in [0.2, 0.25) is 5.95 Å². The van der Waals surface area contributed by atoms with Crippen LogP contribution >= 0.6 is 0 Å². The molecule has 1 heterocycles. The van der Waals surface area contributed by atoms with Crippen molar-refractivity contribution in [2.45, 2.75) is 19.9 Å². The number of hydrogen-bond acceptors (Lipinski definition) is 4. The number of anilines is 3. The summed E-state index contributed by atoms with van der Waals surface area (Å²) in [4.78, 5) is 9.03. The Balaban J connectivity index is 1.98. The van der Waals surface area contributed by atoms with Crippen LogP contribution in [0, 0.1) is 5.82 Å². The average molecular weight is 322 g/mol. The maximum absolute atomic E-state index is 13.4. The predicted molar refractivity (Wildman–Crippen MR) is 95.9 cm³/mol. The molecule has 2 N–H and O–H groups in total. The van der Waals surface area contributed by atoms with E-state index in [1.165, 1.54) is 12.1 Å². The molecule has 0 unspecified atom stereocenters. The molecule has 5 heteroatoms. The Labute approximate surface area is 140 Å². The summed E-state index contributed by atoms with van der Waals surface area (Å²) in [6, 6.07) is 18.2. The average Bonchev–Trinajstić information content (AvgIpc) is 2.55. The first-order valence-electron chi connectivity index (χ1n) is 7.84. The molecule has 0 atom stereocenters. The van der Waals surface area contributed by atoms with Crippen molar-refractivity contribution in [2.75, 3.05) is 10.6 Å². The van der Waals surface area contributed by atoms with Crippen molar-refractivity contribution in [3.63, 3.8) is 0 Å². The molecule has 0 aliphatic rings. The van der Waals surface area contributed by atoms with Crippen LogP contribution in [0.3, 0.4) is 0 Å². The maximum atomic E-state index is 13.4. The zero-order chi connectivity index (χ0) is 16.9. The van der Waals surface area contributed by atoms with Gasteiger partial charge in [0, 0.05) is 23.4 Å². The molecule has 1 aromatic heterocycles. The Kier molecular flexibility index (Phi) is 4.70. The highest BCUT2D eigenvalue weighted by atomic mass is 19.1. The van der Waals surface area contributed by atoms with Gasteiger partial charge in [0.05, 0.1) is 5.69 Å². The Hall–Kier alpha value is -2.95. The summed E-state index contributed by atoms with van der Waals surface area (Å²) in [7, 11) is 0. The largest absolute Gasteiger partial charge is 0.352 e. The Morgan fingerprint density at radius 1 is 0.917 bits per heavy atom. The summed E-state index contributed by atoms with van der Waals surface area (Å²) in [6.07, 6.45) is 0. The van der Waals surface area contributed by atoms with Crippen LogP contribution in [0.2, 0.25) is 0 Å². The van der Waals surface area contributed by atoms with Crippen molar-refractivity contribution in [2.24, 2.45) is 0 Å². The van der Waals surface area contributed by atoms with E-state index >= 15 is 0 Å². The van der Waals surface area contributed by atoms with E-state index in [0.29, 0.717) is 17.5 Å². The number of benzene rings is 2. The number of aromatic nitrogens is 2. The molecular formula is C19H19FN4. The molecule has 0 radical (unpaired) electrons. The molecule has 2 aromatic carbocycles. The monoisotopic (exact) mass is 322 g/mol. The van der Waals surface area contributed by atoms with Crippen LogP contribution in [-0.4, -0.2) is 16.0 Å². The molecule has 0 spiro atoms. The zero-order valence-corrected chi connectivity index (χ0v) is 13.6. The standard InChI is InChI=1S/C19H19FN4/c1-13(2)21-19-23-17(14-7-4-3-5-8-14)12-18(24-19)22-16-10-6-9-15(20)11-16/h3-13H,1-2H3,(H2,21,22,23,24).